The number of nitrogens with two attached hydrogens (primary N) is 1. The number of nitrogens with one attached hydrogen (secondary N) is 3. The van der Waals surface area contributed by atoms with Crippen molar-refractivity contribution in [2.75, 3.05) is 19.7 Å². The molecule has 0 saturated carbocycles. The molecule has 0 aliphatic heterocycles. The lowest BCUT2D eigenvalue weighted by atomic mass is 10.1. The third-order valence-electron chi connectivity index (χ3n) is 3.36. The standard InChI is InChI=1S/C16H22N4O6/c17-7-13(22)18-8-14(23)19-12(9-21)15(24)20-11(16(25)26)6-10-4-2-1-3-5-10/h1-5,11-12,21H,6-9,17H2,(H,18,22)(H,19,23)(H,20,24)(H,25,26). The van der Waals surface area contributed by atoms with E-state index in [1.165, 1.54) is 0 Å². The van der Waals surface area contributed by atoms with Gasteiger partial charge in [-0.15, -0.1) is 0 Å². The number of aliphatic hydroxyl groups is 1. The largest absolute Gasteiger partial charge is 0.480 e. The van der Waals surface area contributed by atoms with Gasteiger partial charge in [-0.05, 0) is 5.56 Å². The van der Waals surface area contributed by atoms with Gasteiger partial charge < -0.3 is 31.9 Å². The van der Waals surface area contributed by atoms with Crippen LogP contribution in [0.5, 0.6) is 0 Å². The Kier molecular flexibility index (Phi) is 8.75. The third-order valence-corrected chi connectivity index (χ3v) is 3.36. The van der Waals surface area contributed by atoms with Crippen molar-refractivity contribution in [3.63, 3.8) is 0 Å². The van der Waals surface area contributed by atoms with E-state index >= 15 is 0 Å². The number of carbonyl (C=O) groups is 4. The van der Waals surface area contributed by atoms with Gasteiger partial charge in [0.1, 0.15) is 12.1 Å². The number of amides is 3. The minimum atomic E-state index is -1.35. The van der Waals surface area contributed by atoms with E-state index in [2.05, 4.69) is 16.0 Å². The summed E-state index contributed by atoms with van der Waals surface area (Å²) in [4.78, 5) is 46.2. The molecule has 7 N–H and O–H groups in total. The molecule has 0 aliphatic rings. The van der Waals surface area contributed by atoms with Crippen molar-refractivity contribution in [2.45, 2.75) is 18.5 Å². The first-order chi connectivity index (χ1) is 12.4. The molecule has 0 saturated heterocycles. The molecule has 2 unspecified atom stereocenters. The topological polar surface area (TPSA) is 171 Å². The van der Waals surface area contributed by atoms with Gasteiger partial charge in [-0.2, -0.15) is 0 Å². The van der Waals surface area contributed by atoms with Gasteiger partial charge in [0.25, 0.3) is 0 Å². The first-order valence-corrected chi connectivity index (χ1v) is 7.81. The Hall–Kier alpha value is -2.98. The Morgan fingerprint density at radius 1 is 1.00 bits per heavy atom. The number of rotatable bonds is 10. The van der Waals surface area contributed by atoms with E-state index in [-0.39, 0.29) is 13.0 Å². The fourth-order valence-electron chi connectivity index (χ4n) is 2.01. The van der Waals surface area contributed by atoms with Crippen LogP contribution in [0, 0.1) is 0 Å². The lowest BCUT2D eigenvalue weighted by molar-refractivity contribution is -0.142. The molecule has 0 spiro atoms. The van der Waals surface area contributed by atoms with Gasteiger partial charge in [0, 0.05) is 6.42 Å². The van der Waals surface area contributed by atoms with Gasteiger partial charge in [-0.3, -0.25) is 14.4 Å². The maximum absolute atomic E-state index is 12.2. The van der Waals surface area contributed by atoms with E-state index < -0.39 is 48.9 Å². The normalized spacial score (nSPS) is 12.5. The highest BCUT2D eigenvalue weighted by Gasteiger charge is 2.26. The van der Waals surface area contributed by atoms with Crippen LogP contribution in [0.15, 0.2) is 30.3 Å². The Labute approximate surface area is 149 Å². The maximum atomic E-state index is 12.2. The third kappa shape index (κ3) is 7.28. The van der Waals surface area contributed by atoms with E-state index in [1.54, 1.807) is 30.3 Å². The highest BCUT2D eigenvalue weighted by Crippen LogP contribution is 2.04. The molecule has 1 aromatic rings. The molecule has 10 heteroatoms. The van der Waals surface area contributed by atoms with Crippen LogP contribution >= 0.6 is 0 Å². The van der Waals surface area contributed by atoms with Crippen LogP contribution in [0.1, 0.15) is 5.56 Å². The van der Waals surface area contributed by atoms with Crippen LogP contribution < -0.4 is 21.7 Å². The monoisotopic (exact) mass is 366 g/mol. The summed E-state index contributed by atoms with van der Waals surface area (Å²) in [7, 11) is 0. The Bertz CT molecular complexity index is 637. The average Bonchev–Trinajstić information content (AvgIpc) is 2.64. The molecular formula is C16H22N4O6. The number of hydrogen-bond acceptors (Lipinski definition) is 6. The zero-order chi connectivity index (χ0) is 19.5. The number of benzene rings is 1. The van der Waals surface area contributed by atoms with Crippen LogP contribution in [-0.4, -0.2) is 65.7 Å². The zero-order valence-electron chi connectivity index (χ0n) is 14.0. The molecule has 0 fully saturated rings. The summed E-state index contributed by atoms with van der Waals surface area (Å²) >= 11 is 0. The highest BCUT2D eigenvalue weighted by atomic mass is 16.4. The lowest BCUT2D eigenvalue weighted by Crippen LogP contribution is -2.55. The van der Waals surface area contributed by atoms with Crippen molar-refractivity contribution in [3.8, 4) is 0 Å². The molecule has 0 bridgehead atoms. The minimum Gasteiger partial charge on any atom is -0.480 e. The minimum absolute atomic E-state index is 0.0422. The first-order valence-electron chi connectivity index (χ1n) is 7.81. The second kappa shape index (κ2) is 10.8. The highest BCUT2D eigenvalue weighted by molar-refractivity contribution is 5.92. The fourth-order valence-corrected chi connectivity index (χ4v) is 2.01. The first kappa shape index (κ1) is 21.1. The van der Waals surface area contributed by atoms with Crippen molar-refractivity contribution in [1.82, 2.24) is 16.0 Å². The molecule has 1 aromatic carbocycles. The summed E-state index contributed by atoms with van der Waals surface area (Å²) in [6, 6.07) is 6.10. The molecule has 1 rings (SSSR count). The quantitative estimate of drug-likeness (QED) is 0.262. The van der Waals surface area contributed by atoms with E-state index in [0.29, 0.717) is 5.56 Å². The van der Waals surface area contributed by atoms with Crippen molar-refractivity contribution >= 4 is 23.7 Å². The van der Waals surface area contributed by atoms with Gasteiger partial charge in [0.2, 0.25) is 17.7 Å². The van der Waals surface area contributed by atoms with Gasteiger partial charge in [-0.1, -0.05) is 30.3 Å². The van der Waals surface area contributed by atoms with Crippen LogP contribution in [0.2, 0.25) is 0 Å². The van der Waals surface area contributed by atoms with Crippen molar-refractivity contribution in [3.05, 3.63) is 35.9 Å². The van der Waals surface area contributed by atoms with Crippen molar-refractivity contribution in [1.29, 1.82) is 0 Å². The Balaban J connectivity index is 2.63. The number of carboxylic acids is 1. The second-order valence-electron chi connectivity index (χ2n) is 5.37. The SMILES string of the molecule is NCC(=O)NCC(=O)NC(CO)C(=O)NC(Cc1ccccc1)C(=O)O. The van der Waals surface area contributed by atoms with Crippen LogP contribution in [-0.2, 0) is 25.6 Å². The number of carbonyl (C=O) groups excluding carboxylic acids is 3. The summed E-state index contributed by atoms with van der Waals surface area (Å²) in [6.07, 6.45) is 0.0422. The maximum Gasteiger partial charge on any atom is 0.326 e. The molecule has 0 radical (unpaired) electrons. The zero-order valence-corrected chi connectivity index (χ0v) is 14.0. The van der Waals surface area contributed by atoms with Gasteiger partial charge in [0.05, 0.1) is 19.7 Å². The van der Waals surface area contributed by atoms with Gasteiger partial charge >= 0.3 is 5.97 Å². The van der Waals surface area contributed by atoms with E-state index in [1.807, 2.05) is 0 Å². The summed E-state index contributed by atoms with van der Waals surface area (Å²) in [5.74, 6) is -3.38. The predicted molar refractivity (Wildman–Crippen MR) is 90.8 cm³/mol. The summed E-state index contributed by atoms with van der Waals surface area (Å²) < 4.78 is 0. The molecule has 0 aromatic heterocycles. The van der Waals surface area contributed by atoms with E-state index in [4.69, 9.17) is 5.73 Å². The summed E-state index contributed by atoms with van der Waals surface area (Å²) in [5, 5.41) is 25.2. The molecule has 142 valence electrons. The van der Waals surface area contributed by atoms with Crippen LogP contribution in [0.3, 0.4) is 0 Å². The van der Waals surface area contributed by atoms with Gasteiger partial charge in [0.15, 0.2) is 0 Å². The van der Waals surface area contributed by atoms with Crippen molar-refractivity contribution < 1.29 is 29.4 Å². The molecular weight excluding hydrogens is 344 g/mol. The number of hydrogen-bond donors (Lipinski definition) is 6. The van der Waals surface area contributed by atoms with E-state index in [0.717, 1.165) is 0 Å². The fraction of sp³-hybridized carbons (Fsp3) is 0.375. The van der Waals surface area contributed by atoms with E-state index in [9.17, 15) is 29.4 Å². The Morgan fingerprint density at radius 3 is 2.19 bits per heavy atom. The predicted octanol–water partition coefficient (Wildman–Crippen LogP) is -2.65. The lowest BCUT2D eigenvalue weighted by Gasteiger charge is -2.20. The molecule has 3 amide bonds. The van der Waals surface area contributed by atoms with Crippen molar-refractivity contribution in [2.24, 2.45) is 5.73 Å². The number of aliphatic hydroxyl groups excluding tert-OH is 1. The van der Waals surface area contributed by atoms with Gasteiger partial charge in [-0.25, -0.2) is 4.79 Å². The molecule has 10 nitrogen and oxygen atoms in total. The Morgan fingerprint density at radius 2 is 1.65 bits per heavy atom. The molecule has 0 heterocycles. The number of carboxylic acid groups (broad SMARTS) is 1. The average molecular weight is 366 g/mol. The summed E-state index contributed by atoms with van der Waals surface area (Å²) in [6.45, 7) is -1.46. The number of aliphatic carboxylic acids is 1. The van der Waals surface area contributed by atoms with Crippen LogP contribution in [0.25, 0.3) is 0 Å². The smallest absolute Gasteiger partial charge is 0.326 e. The van der Waals surface area contributed by atoms with Crippen LogP contribution in [0.4, 0.5) is 0 Å². The molecule has 26 heavy (non-hydrogen) atoms. The summed E-state index contributed by atoms with van der Waals surface area (Å²) in [5.41, 5.74) is 5.78. The molecule has 2 atom stereocenters. The molecule has 0 aliphatic carbocycles. The second-order valence-corrected chi connectivity index (χ2v) is 5.37.